The Morgan fingerprint density at radius 3 is 2.60 bits per heavy atom. The lowest BCUT2D eigenvalue weighted by molar-refractivity contribution is -0.202. The van der Waals surface area contributed by atoms with Crippen molar-refractivity contribution in [1.29, 1.82) is 0 Å². The van der Waals surface area contributed by atoms with Gasteiger partial charge in [0, 0.05) is 25.7 Å². The lowest BCUT2D eigenvalue weighted by Crippen LogP contribution is -2.51. The highest BCUT2D eigenvalue weighted by Crippen LogP contribution is 2.36. The molecule has 0 radical (unpaired) electrons. The van der Waals surface area contributed by atoms with Crippen LogP contribution in [0.4, 0.5) is 0 Å². The summed E-state index contributed by atoms with van der Waals surface area (Å²) in [7, 11) is 0. The van der Waals surface area contributed by atoms with Crippen LogP contribution in [0.1, 0.15) is 47.6 Å². The maximum Gasteiger partial charge on any atom is 0.255 e. The molecule has 6 nitrogen and oxygen atoms in total. The van der Waals surface area contributed by atoms with Crippen LogP contribution in [0.3, 0.4) is 0 Å². The molecule has 25 heavy (non-hydrogen) atoms. The topological polar surface area (TPSA) is 63.9 Å². The molecule has 1 N–H and O–H groups in total. The van der Waals surface area contributed by atoms with Gasteiger partial charge in [-0.1, -0.05) is 0 Å². The molecule has 3 fully saturated rings. The first-order valence-corrected chi connectivity index (χ1v) is 9.39. The van der Waals surface area contributed by atoms with Crippen LogP contribution in [-0.4, -0.2) is 61.4 Å². The molecule has 3 aliphatic rings. The molecule has 0 saturated carbocycles. The number of nitrogens with zero attached hydrogens (tertiary/aromatic N) is 1. The van der Waals surface area contributed by atoms with E-state index in [4.69, 9.17) is 13.9 Å². The zero-order chi connectivity index (χ0) is 17.4. The van der Waals surface area contributed by atoms with E-state index in [1.165, 1.54) is 0 Å². The monoisotopic (exact) mass is 348 g/mol. The summed E-state index contributed by atoms with van der Waals surface area (Å²) in [5.74, 6) is 1.46. The van der Waals surface area contributed by atoms with Crippen molar-refractivity contribution < 1.29 is 18.7 Å². The number of piperidine rings is 1. The van der Waals surface area contributed by atoms with Gasteiger partial charge in [0.15, 0.2) is 0 Å². The molecule has 0 aromatic carbocycles. The molecule has 1 spiro atoms. The molecular formula is C19H28N2O4. The first kappa shape index (κ1) is 17.1. The van der Waals surface area contributed by atoms with E-state index in [2.05, 4.69) is 10.2 Å². The maximum atomic E-state index is 12.4. The van der Waals surface area contributed by atoms with Gasteiger partial charge in [-0.25, -0.2) is 0 Å². The number of carbonyl (C=O) groups excluding carboxylic acids is 1. The standard InChI is InChI=1S/C19H28N2O4/c1-13-9-17(14(2)24-13)18(22)20-15-4-7-21(8-5-15)10-16-3-6-19(25-16)11-23-12-19/h9,15-16H,3-8,10-12H2,1-2H3,(H,20,22). The molecule has 4 rings (SSSR count). The molecule has 0 aliphatic carbocycles. The minimum absolute atomic E-state index is 0.0150. The summed E-state index contributed by atoms with van der Waals surface area (Å²) in [5, 5.41) is 3.16. The number of hydrogen-bond donors (Lipinski definition) is 1. The van der Waals surface area contributed by atoms with Gasteiger partial charge in [-0.15, -0.1) is 0 Å². The number of amides is 1. The second kappa shape index (κ2) is 6.74. The maximum absolute atomic E-state index is 12.4. The van der Waals surface area contributed by atoms with Gasteiger partial charge in [0.1, 0.15) is 17.1 Å². The Kier molecular flexibility index (Phi) is 4.60. The number of carbonyl (C=O) groups is 1. The summed E-state index contributed by atoms with van der Waals surface area (Å²) in [4.78, 5) is 14.9. The highest BCUT2D eigenvalue weighted by molar-refractivity contribution is 5.95. The zero-order valence-electron chi connectivity index (χ0n) is 15.2. The van der Waals surface area contributed by atoms with Crippen LogP contribution in [-0.2, 0) is 9.47 Å². The molecule has 4 heterocycles. The fraction of sp³-hybridized carbons (Fsp3) is 0.737. The van der Waals surface area contributed by atoms with Crippen molar-refractivity contribution in [2.45, 2.75) is 57.3 Å². The summed E-state index contributed by atoms with van der Waals surface area (Å²) >= 11 is 0. The number of nitrogens with one attached hydrogen (secondary N) is 1. The fourth-order valence-corrected chi connectivity index (χ4v) is 4.23. The average molecular weight is 348 g/mol. The van der Waals surface area contributed by atoms with Gasteiger partial charge in [0.25, 0.3) is 5.91 Å². The van der Waals surface area contributed by atoms with Gasteiger partial charge in [-0.05, 0) is 45.6 Å². The van der Waals surface area contributed by atoms with Gasteiger partial charge in [-0.2, -0.15) is 0 Å². The van der Waals surface area contributed by atoms with Gasteiger partial charge < -0.3 is 24.1 Å². The molecule has 138 valence electrons. The van der Waals surface area contributed by atoms with Crippen molar-refractivity contribution in [3.05, 3.63) is 23.2 Å². The third-order valence-electron chi connectivity index (χ3n) is 5.74. The van der Waals surface area contributed by atoms with Gasteiger partial charge in [0.2, 0.25) is 0 Å². The normalized spacial score (nSPS) is 26.7. The summed E-state index contributed by atoms with van der Waals surface area (Å²) in [6.45, 7) is 8.27. The van der Waals surface area contributed by atoms with Crippen LogP contribution in [0.2, 0.25) is 0 Å². The predicted molar refractivity (Wildman–Crippen MR) is 92.8 cm³/mol. The average Bonchev–Trinajstić information content (AvgIpc) is 3.12. The van der Waals surface area contributed by atoms with Crippen LogP contribution in [0.15, 0.2) is 10.5 Å². The first-order chi connectivity index (χ1) is 12.0. The van der Waals surface area contributed by atoms with E-state index in [0.29, 0.717) is 17.4 Å². The Bertz CT molecular complexity index is 629. The highest BCUT2D eigenvalue weighted by Gasteiger charge is 2.46. The largest absolute Gasteiger partial charge is 0.466 e. The van der Waals surface area contributed by atoms with E-state index in [1.54, 1.807) is 0 Å². The van der Waals surface area contributed by atoms with E-state index < -0.39 is 0 Å². The van der Waals surface area contributed by atoms with E-state index in [1.807, 2.05) is 19.9 Å². The minimum Gasteiger partial charge on any atom is -0.466 e. The van der Waals surface area contributed by atoms with Crippen LogP contribution in [0.5, 0.6) is 0 Å². The Morgan fingerprint density at radius 1 is 1.28 bits per heavy atom. The quantitative estimate of drug-likeness (QED) is 0.902. The third kappa shape index (κ3) is 3.61. The number of likely N-dealkylation sites (tertiary alicyclic amines) is 1. The third-order valence-corrected chi connectivity index (χ3v) is 5.74. The van der Waals surface area contributed by atoms with E-state index in [-0.39, 0.29) is 17.6 Å². The second-order valence-electron chi connectivity index (χ2n) is 7.83. The zero-order valence-corrected chi connectivity index (χ0v) is 15.2. The minimum atomic E-state index is -0.0150. The Labute approximate surface area is 148 Å². The molecular weight excluding hydrogens is 320 g/mol. The van der Waals surface area contributed by atoms with E-state index >= 15 is 0 Å². The van der Waals surface area contributed by atoms with Gasteiger partial charge in [-0.3, -0.25) is 4.79 Å². The number of furan rings is 1. The predicted octanol–water partition coefficient (Wildman–Crippen LogP) is 2.04. The molecule has 1 aromatic heterocycles. The van der Waals surface area contributed by atoms with Crippen LogP contribution < -0.4 is 5.32 Å². The lowest BCUT2D eigenvalue weighted by atomic mass is 9.98. The summed E-state index contributed by atoms with van der Waals surface area (Å²) in [6.07, 6.45) is 4.59. The second-order valence-corrected chi connectivity index (χ2v) is 7.83. The molecule has 1 aromatic rings. The molecule has 6 heteroatoms. The van der Waals surface area contributed by atoms with Crippen molar-refractivity contribution in [1.82, 2.24) is 10.2 Å². The van der Waals surface area contributed by atoms with Crippen LogP contribution >= 0.6 is 0 Å². The van der Waals surface area contributed by atoms with Crippen LogP contribution in [0.25, 0.3) is 0 Å². The summed E-state index contributed by atoms with van der Waals surface area (Å²) in [5.41, 5.74) is 0.699. The Hall–Kier alpha value is -1.37. The van der Waals surface area contributed by atoms with Crippen molar-refractivity contribution in [2.24, 2.45) is 0 Å². The number of aryl methyl sites for hydroxylation is 2. The van der Waals surface area contributed by atoms with Crippen molar-refractivity contribution in [3.63, 3.8) is 0 Å². The Balaban J connectivity index is 1.22. The number of ether oxygens (including phenoxy) is 2. The summed E-state index contributed by atoms with van der Waals surface area (Å²) in [6, 6.07) is 2.06. The van der Waals surface area contributed by atoms with Crippen molar-refractivity contribution in [3.8, 4) is 0 Å². The smallest absolute Gasteiger partial charge is 0.255 e. The fourth-order valence-electron chi connectivity index (χ4n) is 4.23. The first-order valence-electron chi connectivity index (χ1n) is 9.39. The van der Waals surface area contributed by atoms with Gasteiger partial charge >= 0.3 is 0 Å². The van der Waals surface area contributed by atoms with Crippen LogP contribution in [0, 0.1) is 13.8 Å². The van der Waals surface area contributed by atoms with E-state index in [0.717, 1.165) is 64.3 Å². The number of hydrogen-bond acceptors (Lipinski definition) is 5. The molecule has 3 aliphatic heterocycles. The molecule has 0 bridgehead atoms. The van der Waals surface area contributed by atoms with Crippen molar-refractivity contribution >= 4 is 5.91 Å². The Morgan fingerprint density at radius 2 is 2.04 bits per heavy atom. The lowest BCUT2D eigenvalue weighted by Gasteiger charge is -2.38. The molecule has 1 amide bonds. The van der Waals surface area contributed by atoms with Gasteiger partial charge in [0.05, 0.1) is 24.9 Å². The highest BCUT2D eigenvalue weighted by atomic mass is 16.6. The summed E-state index contributed by atoms with van der Waals surface area (Å²) < 4.78 is 17.0. The molecule has 1 atom stereocenters. The molecule has 1 unspecified atom stereocenters. The number of rotatable bonds is 4. The van der Waals surface area contributed by atoms with Crippen molar-refractivity contribution in [2.75, 3.05) is 32.8 Å². The van der Waals surface area contributed by atoms with E-state index in [9.17, 15) is 4.79 Å². The SMILES string of the molecule is Cc1cc(C(=O)NC2CCN(CC3CCC4(COC4)O3)CC2)c(C)o1. The molecule has 3 saturated heterocycles.